The molecule has 4 nitrogen and oxygen atoms in total. The van der Waals surface area contributed by atoms with Crippen LogP contribution in [0.3, 0.4) is 0 Å². The molecule has 21 heavy (non-hydrogen) atoms. The molecular formula is C15H16BrClN4. The summed E-state index contributed by atoms with van der Waals surface area (Å²) in [7, 11) is 1.95. The third-order valence-electron chi connectivity index (χ3n) is 3.67. The number of aryl methyl sites for hydroxylation is 3. The Morgan fingerprint density at radius 1 is 1.29 bits per heavy atom. The Hall–Kier alpha value is -1.33. The molecule has 0 N–H and O–H groups in total. The highest BCUT2D eigenvalue weighted by atomic mass is 79.9. The Balaban J connectivity index is 2.38. The van der Waals surface area contributed by atoms with Crippen LogP contribution < -0.4 is 0 Å². The van der Waals surface area contributed by atoms with E-state index in [0.29, 0.717) is 5.88 Å². The fourth-order valence-corrected chi connectivity index (χ4v) is 3.19. The molecule has 110 valence electrons. The largest absolute Gasteiger partial charge is 0.281 e. The van der Waals surface area contributed by atoms with E-state index in [1.807, 2.05) is 30.8 Å². The van der Waals surface area contributed by atoms with Crippen LogP contribution in [0.25, 0.3) is 16.9 Å². The molecule has 6 heteroatoms. The van der Waals surface area contributed by atoms with Crippen molar-refractivity contribution in [3.05, 3.63) is 39.8 Å². The highest BCUT2D eigenvalue weighted by Gasteiger charge is 2.19. The van der Waals surface area contributed by atoms with Crippen molar-refractivity contribution in [2.24, 2.45) is 7.05 Å². The third-order valence-corrected chi connectivity index (χ3v) is 4.72. The first-order valence-electron chi connectivity index (χ1n) is 6.77. The average Bonchev–Trinajstić information content (AvgIpc) is 2.93. The zero-order valence-corrected chi connectivity index (χ0v) is 14.5. The van der Waals surface area contributed by atoms with Crippen molar-refractivity contribution in [2.75, 3.05) is 5.88 Å². The number of hydrogen-bond acceptors (Lipinski definition) is 2. The summed E-state index contributed by atoms with van der Waals surface area (Å²) in [6.07, 6.45) is 0.724. The van der Waals surface area contributed by atoms with Gasteiger partial charge in [0, 0.05) is 23.8 Å². The molecule has 2 aromatic heterocycles. The summed E-state index contributed by atoms with van der Waals surface area (Å²) < 4.78 is 5.13. The maximum Gasteiger partial charge on any atom is 0.163 e. The van der Waals surface area contributed by atoms with E-state index in [-0.39, 0.29) is 0 Å². The monoisotopic (exact) mass is 366 g/mol. The molecule has 0 amide bonds. The second-order valence-electron chi connectivity index (χ2n) is 5.07. The molecule has 0 aliphatic carbocycles. The van der Waals surface area contributed by atoms with Gasteiger partial charge in [-0.3, -0.25) is 4.57 Å². The summed E-state index contributed by atoms with van der Waals surface area (Å²) in [6, 6.07) is 6.18. The zero-order chi connectivity index (χ0) is 15.1. The van der Waals surface area contributed by atoms with Crippen molar-refractivity contribution in [1.29, 1.82) is 0 Å². The Labute approximate surface area is 136 Å². The number of hydrogen-bond donors (Lipinski definition) is 0. The fourth-order valence-electron chi connectivity index (χ4n) is 2.66. The van der Waals surface area contributed by atoms with Crippen LogP contribution in [0.15, 0.2) is 22.7 Å². The standard InChI is InChI=1S/C15H16BrClN4/c1-9-11(16)5-4-6-12(9)21-13(7-8-17)18-14-10(2)19-20(3)15(14)21/h4-6H,7-8H2,1-3H3. The molecule has 0 saturated carbocycles. The van der Waals surface area contributed by atoms with E-state index in [4.69, 9.17) is 16.6 Å². The van der Waals surface area contributed by atoms with E-state index >= 15 is 0 Å². The molecule has 0 radical (unpaired) electrons. The first kappa shape index (κ1) is 14.6. The first-order valence-corrected chi connectivity index (χ1v) is 8.09. The highest BCUT2D eigenvalue weighted by molar-refractivity contribution is 9.10. The maximum atomic E-state index is 5.96. The van der Waals surface area contributed by atoms with E-state index < -0.39 is 0 Å². The summed E-state index contributed by atoms with van der Waals surface area (Å²) in [4.78, 5) is 4.75. The number of aromatic nitrogens is 4. The molecule has 3 aromatic rings. The average molecular weight is 368 g/mol. The summed E-state index contributed by atoms with van der Waals surface area (Å²) in [5, 5.41) is 4.48. The second kappa shape index (κ2) is 5.46. The van der Waals surface area contributed by atoms with Crippen LogP contribution in [0, 0.1) is 13.8 Å². The molecule has 0 fully saturated rings. The van der Waals surface area contributed by atoms with E-state index in [2.05, 4.69) is 38.6 Å². The molecular weight excluding hydrogens is 352 g/mol. The van der Waals surface area contributed by atoms with Crippen molar-refractivity contribution < 1.29 is 0 Å². The number of benzene rings is 1. The lowest BCUT2D eigenvalue weighted by atomic mass is 10.2. The lowest BCUT2D eigenvalue weighted by Crippen LogP contribution is -2.07. The minimum absolute atomic E-state index is 0.544. The minimum atomic E-state index is 0.544. The van der Waals surface area contributed by atoms with E-state index in [0.717, 1.165) is 39.3 Å². The molecule has 1 aromatic carbocycles. The van der Waals surface area contributed by atoms with Gasteiger partial charge in [-0.15, -0.1) is 11.6 Å². The van der Waals surface area contributed by atoms with Crippen LogP contribution >= 0.6 is 27.5 Å². The topological polar surface area (TPSA) is 35.6 Å². The van der Waals surface area contributed by atoms with Crippen LogP contribution in [-0.2, 0) is 13.5 Å². The normalized spacial score (nSPS) is 11.5. The van der Waals surface area contributed by atoms with Crippen molar-refractivity contribution in [1.82, 2.24) is 19.3 Å². The van der Waals surface area contributed by atoms with Crippen LogP contribution in [0.4, 0.5) is 0 Å². The lowest BCUT2D eigenvalue weighted by molar-refractivity contribution is 0.750. The van der Waals surface area contributed by atoms with Gasteiger partial charge in [-0.25, -0.2) is 9.67 Å². The number of imidazole rings is 1. The van der Waals surface area contributed by atoms with E-state index in [1.54, 1.807) is 0 Å². The van der Waals surface area contributed by atoms with Crippen LogP contribution in [0.2, 0.25) is 0 Å². The summed E-state index contributed by atoms with van der Waals surface area (Å²) >= 11 is 9.56. The Kier molecular flexibility index (Phi) is 3.80. The van der Waals surface area contributed by atoms with Crippen LogP contribution in [0.5, 0.6) is 0 Å². The predicted octanol–water partition coefficient (Wildman–Crippen LogP) is 3.92. The summed E-state index contributed by atoms with van der Waals surface area (Å²) in [5.41, 5.74) is 5.17. The van der Waals surface area contributed by atoms with Gasteiger partial charge >= 0.3 is 0 Å². The molecule has 0 saturated heterocycles. The lowest BCUT2D eigenvalue weighted by Gasteiger charge is -2.13. The van der Waals surface area contributed by atoms with Gasteiger partial charge in [-0.05, 0) is 31.5 Å². The predicted molar refractivity (Wildman–Crippen MR) is 89.4 cm³/mol. The molecule has 0 atom stereocenters. The fraction of sp³-hybridized carbons (Fsp3) is 0.333. The van der Waals surface area contributed by atoms with E-state index in [1.165, 1.54) is 5.56 Å². The SMILES string of the molecule is Cc1c(Br)cccc1-n1c(CCCl)nc2c(C)nn(C)c21. The summed E-state index contributed by atoms with van der Waals surface area (Å²) in [6.45, 7) is 4.08. The second-order valence-corrected chi connectivity index (χ2v) is 6.30. The van der Waals surface area contributed by atoms with E-state index in [9.17, 15) is 0 Å². The maximum absolute atomic E-state index is 5.96. The molecule has 0 unspecified atom stereocenters. The molecule has 0 bridgehead atoms. The van der Waals surface area contributed by atoms with Gasteiger partial charge in [0.05, 0.1) is 11.4 Å². The Bertz CT molecular complexity index is 819. The number of halogens is 2. The van der Waals surface area contributed by atoms with Crippen molar-refractivity contribution in [3.63, 3.8) is 0 Å². The van der Waals surface area contributed by atoms with Crippen molar-refractivity contribution in [2.45, 2.75) is 20.3 Å². The smallest absolute Gasteiger partial charge is 0.163 e. The molecule has 3 rings (SSSR count). The van der Waals surface area contributed by atoms with Gasteiger partial charge in [0.1, 0.15) is 11.3 Å². The zero-order valence-electron chi connectivity index (χ0n) is 12.2. The molecule has 0 aliphatic heterocycles. The van der Waals surface area contributed by atoms with Gasteiger partial charge in [-0.1, -0.05) is 22.0 Å². The highest BCUT2D eigenvalue weighted by Crippen LogP contribution is 2.29. The minimum Gasteiger partial charge on any atom is -0.281 e. The Morgan fingerprint density at radius 2 is 2.05 bits per heavy atom. The molecule has 0 spiro atoms. The van der Waals surface area contributed by atoms with Gasteiger partial charge in [-0.2, -0.15) is 5.10 Å². The van der Waals surface area contributed by atoms with Gasteiger partial charge in [0.15, 0.2) is 5.65 Å². The van der Waals surface area contributed by atoms with Crippen LogP contribution in [0.1, 0.15) is 17.1 Å². The molecule has 2 heterocycles. The van der Waals surface area contributed by atoms with Gasteiger partial charge in [0.25, 0.3) is 0 Å². The number of nitrogens with zero attached hydrogens (tertiary/aromatic N) is 4. The van der Waals surface area contributed by atoms with Gasteiger partial charge < -0.3 is 0 Å². The molecule has 0 aliphatic rings. The summed E-state index contributed by atoms with van der Waals surface area (Å²) in [5.74, 6) is 1.51. The Morgan fingerprint density at radius 3 is 2.76 bits per heavy atom. The quantitative estimate of drug-likeness (QED) is 0.658. The third kappa shape index (κ3) is 2.28. The number of fused-ring (bicyclic) bond motifs is 1. The number of rotatable bonds is 3. The first-order chi connectivity index (χ1) is 10.0. The van der Waals surface area contributed by atoms with Gasteiger partial charge in [0.2, 0.25) is 0 Å². The van der Waals surface area contributed by atoms with Crippen LogP contribution in [-0.4, -0.2) is 25.2 Å². The number of alkyl halides is 1. The van der Waals surface area contributed by atoms with Crippen molar-refractivity contribution in [3.8, 4) is 5.69 Å². The van der Waals surface area contributed by atoms with Crippen molar-refractivity contribution >= 4 is 38.7 Å².